The molecule has 3 rings (SSSR count). The summed E-state index contributed by atoms with van der Waals surface area (Å²) in [5.74, 6) is 0. The highest BCUT2D eigenvalue weighted by Crippen LogP contribution is 2.06. The van der Waals surface area contributed by atoms with E-state index < -0.39 is 0 Å². The summed E-state index contributed by atoms with van der Waals surface area (Å²) in [6.07, 6.45) is 3.66. The molecule has 0 aliphatic heterocycles. The number of nitrogens with zero attached hydrogens (tertiary/aromatic N) is 4. The first-order valence-electron chi connectivity index (χ1n) is 5.96. The third kappa shape index (κ3) is 3.04. The summed E-state index contributed by atoms with van der Waals surface area (Å²) in [5.41, 5.74) is 3.73. The normalized spacial score (nSPS) is 10.7. The third-order valence-corrected chi connectivity index (χ3v) is 3.39. The molecule has 19 heavy (non-hydrogen) atoms. The SMILES string of the molecule is c1ccc(-n2ncc(CNCc3cncs3)n2)cc1. The topological polar surface area (TPSA) is 55.6 Å². The second-order valence-electron chi connectivity index (χ2n) is 4.03. The second-order valence-corrected chi connectivity index (χ2v) is 5.00. The first kappa shape index (κ1) is 12.0. The largest absolute Gasteiger partial charge is 0.306 e. The number of hydrogen-bond acceptors (Lipinski definition) is 5. The van der Waals surface area contributed by atoms with E-state index >= 15 is 0 Å². The zero-order valence-electron chi connectivity index (χ0n) is 10.2. The molecule has 0 saturated carbocycles. The molecule has 0 fully saturated rings. The number of hydrogen-bond donors (Lipinski definition) is 1. The smallest absolute Gasteiger partial charge is 0.0969 e. The number of thiazole rings is 1. The van der Waals surface area contributed by atoms with Crippen LogP contribution in [0.4, 0.5) is 0 Å². The highest BCUT2D eigenvalue weighted by molar-refractivity contribution is 7.09. The third-order valence-electron chi connectivity index (χ3n) is 2.62. The summed E-state index contributed by atoms with van der Waals surface area (Å²) < 4.78 is 0. The molecule has 96 valence electrons. The molecule has 0 aliphatic carbocycles. The zero-order valence-corrected chi connectivity index (χ0v) is 11.0. The number of aromatic nitrogens is 4. The Bertz CT molecular complexity index is 618. The van der Waals surface area contributed by atoms with Gasteiger partial charge in [-0.1, -0.05) is 18.2 Å². The molecule has 0 aliphatic rings. The van der Waals surface area contributed by atoms with Crippen LogP contribution < -0.4 is 5.32 Å². The maximum atomic E-state index is 4.43. The summed E-state index contributed by atoms with van der Waals surface area (Å²) >= 11 is 1.65. The summed E-state index contributed by atoms with van der Waals surface area (Å²) in [7, 11) is 0. The van der Waals surface area contributed by atoms with E-state index in [1.54, 1.807) is 22.3 Å². The molecular weight excluding hydrogens is 258 g/mol. The van der Waals surface area contributed by atoms with Gasteiger partial charge in [0.05, 0.1) is 23.1 Å². The number of benzene rings is 1. The van der Waals surface area contributed by atoms with Gasteiger partial charge in [0.15, 0.2) is 0 Å². The highest BCUT2D eigenvalue weighted by atomic mass is 32.1. The van der Waals surface area contributed by atoms with Crippen LogP contribution in [-0.2, 0) is 13.1 Å². The molecule has 3 aromatic rings. The lowest BCUT2D eigenvalue weighted by Gasteiger charge is -1.99. The van der Waals surface area contributed by atoms with Crippen molar-refractivity contribution in [1.29, 1.82) is 0 Å². The Morgan fingerprint density at radius 3 is 2.79 bits per heavy atom. The molecule has 0 bridgehead atoms. The number of rotatable bonds is 5. The average Bonchev–Trinajstić information content (AvgIpc) is 3.11. The maximum Gasteiger partial charge on any atom is 0.0969 e. The van der Waals surface area contributed by atoms with Crippen molar-refractivity contribution in [3.05, 3.63) is 58.8 Å². The van der Waals surface area contributed by atoms with Crippen LogP contribution in [0.25, 0.3) is 5.69 Å². The molecule has 5 nitrogen and oxygen atoms in total. The van der Waals surface area contributed by atoms with Crippen LogP contribution in [0.1, 0.15) is 10.6 Å². The van der Waals surface area contributed by atoms with E-state index in [0.29, 0.717) is 6.54 Å². The van der Waals surface area contributed by atoms with E-state index in [4.69, 9.17) is 0 Å². The van der Waals surface area contributed by atoms with Gasteiger partial charge in [-0.05, 0) is 12.1 Å². The van der Waals surface area contributed by atoms with Crippen molar-refractivity contribution in [2.75, 3.05) is 0 Å². The van der Waals surface area contributed by atoms with Crippen LogP contribution in [0, 0.1) is 0 Å². The molecule has 0 spiro atoms. The molecule has 6 heteroatoms. The van der Waals surface area contributed by atoms with Gasteiger partial charge in [-0.25, -0.2) is 0 Å². The summed E-state index contributed by atoms with van der Waals surface area (Å²) in [4.78, 5) is 6.90. The molecule has 0 amide bonds. The van der Waals surface area contributed by atoms with E-state index in [-0.39, 0.29) is 0 Å². The fraction of sp³-hybridized carbons (Fsp3) is 0.154. The predicted molar refractivity (Wildman–Crippen MR) is 74.0 cm³/mol. The molecule has 2 heterocycles. The van der Waals surface area contributed by atoms with E-state index in [9.17, 15) is 0 Å². The van der Waals surface area contributed by atoms with E-state index in [2.05, 4.69) is 20.5 Å². The first-order valence-corrected chi connectivity index (χ1v) is 6.84. The van der Waals surface area contributed by atoms with Crippen molar-refractivity contribution >= 4 is 11.3 Å². The van der Waals surface area contributed by atoms with Gasteiger partial charge >= 0.3 is 0 Å². The minimum atomic E-state index is 0.699. The van der Waals surface area contributed by atoms with Gasteiger partial charge in [0, 0.05) is 24.2 Å². The van der Waals surface area contributed by atoms with Gasteiger partial charge in [0.25, 0.3) is 0 Å². The summed E-state index contributed by atoms with van der Waals surface area (Å²) in [6.45, 7) is 1.51. The van der Waals surface area contributed by atoms with Crippen molar-refractivity contribution in [2.45, 2.75) is 13.1 Å². The summed E-state index contributed by atoms with van der Waals surface area (Å²) in [5, 5.41) is 12.0. The Labute approximate surface area is 114 Å². The lowest BCUT2D eigenvalue weighted by Crippen LogP contribution is -2.12. The fourth-order valence-corrected chi connectivity index (χ4v) is 2.27. The standard InChI is InChI=1S/C13H13N5S/c1-2-4-12(5-3-1)18-16-7-11(17-18)6-14-8-13-9-15-10-19-13/h1-5,7,9-10,14H,6,8H2. The van der Waals surface area contributed by atoms with Gasteiger partial charge in [-0.2, -0.15) is 15.0 Å². The Kier molecular flexibility index (Phi) is 3.62. The van der Waals surface area contributed by atoms with Crippen molar-refractivity contribution in [3.8, 4) is 5.69 Å². The van der Waals surface area contributed by atoms with Gasteiger partial charge in [0.1, 0.15) is 0 Å². The van der Waals surface area contributed by atoms with Gasteiger partial charge in [0.2, 0.25) is 0 Å². The van der Waals surface area contributed by atoms with Crippen molar-refractivity contribution in [2.24, 2.45) is 0 Å². The van der Waals surface area contributed by atoms with Crippen LogP contribution >= 0.6 is 11.3 Å². The van der Waals surface area contributed by atoms with Gasteiger partial charge < -0.3 is 5.32 Å². The monoisotopic (exact) mass is 271 g/mol. The van der Waals surface area contributed by atoms with Crippen LogP contribution in [0.15, 0.2) is 48.2 Å². The average molecular weight is 271 g/mol. The van der Waals surface area contributed by atoms with Crippen LogP contribution in [0.3, 0.4) is 0 Å². The summed E-state index contributed by atoms with van der Waals surface area (Å²) in [6, 6.07) is 9.88. The molecule has 0 saturated heterocycles. The lowest BCUT2D eigenvalue weighted by molar-refractivity contribution is 0.667. The Hall–Kier alpha value is -2.05. The predicted octanol–water partition coefficient (Wildman–Crippen LogP) is 2.01. The number of nitrogens with one attached hydrogen (secondary N) is 1. The molecule has 0 radical (unpaired) electrons. The molecule has 0 atom stereocenters. The minimum Gasteiger partial charge on any atom is -0.306 e. The minimum absolute atomic E-state index is 0.699. The molecule has 1 aromatic carbocycles. The van der Waals surface area contributed by atoms with Crippen molar-refractivity contribution < 1.29 is 0 Å². The first-order chi connectivity index (χ1) is 9.42. The molecular formula is C13H13N5S. The quantitative estimate of drug-likeness (QED) is 0.771. The Balaban J connectivity index is 1.59. The van der Waals surface area contributed by atoms with Crippen LogP contribution in [0.5, 0.6) is 0 Å². The van der Waals surface area contributed by atoms with Gasteiger partial charge in [-0.3, -0.25) is 4.98 Å². The molecule has 1 N–H and O–H groups in total. The Morgan fingerprint density at radius 1 is 1.11 bits per heavy atom. The second kappa shape index (κ2) is 5.73. The van der Waals surface area contributed by atoms with Crippen molar-refractivity contribution in [1.82, 2.24) is 25.3 Å². The van der Waals surface area contributed by atoms with Crippen molar-refractivity contribution in [3.63, 3.8) is 0 Å². The molecule has 2 aromatic heterocycles. The van der Waals surface area contributed by atoms with E-state index in [1.165, 1.54) is 4.88 Å². The zero-order chi connectivity index (χ0) is 12.9. The highest BCUT2D eigenvalue weighted by Gasteiger charge is 2.02. The Morgan fingerprint density at radius 2 is 2.00 bits per heavy atom. The van der Waals surface area contributed by atoms with E-state index in [1.807, 2.05) is 42.0 Å². The number of para-hydroxylation sites is 1. The lowest BCUT2D eigenvalue weighted by atomic mass is 10.3. The van der Waals surface area contributed by atoms with Crippen LogP contribution in [0.2, 0.25) is 0 Å². The maximum absolute atomic E-state index is 4.43. The fourth-order valence-electron chi connectivity index (χ4n) is 1.70. The molecule has 0 unspecified atom stereocenters. The van der Waals surface area contributed by atoms with E-state index in [0.717, 1.165) is 17.9 Å². The van der Waals surface area contributed by atoms with Gasteiger partial charge in [-0.15, -0.1) is 11.3 Å². The van der Waals surface area contributed by atoms with Crippen LogP contribution in [-0.4, -0.2) is 20.0 Å².